The summed E-state index contributed by atoms with van der Waals surface area (Å²) in [6, 6.07) is 16.8. The smallest absolute Gasteiger partial charge is 0.162 e. The lowest BCUT2D eigenvalue weighted by Gasteiger charge is -2.24. The fraction of sp³-hybridized carbons (Fsp3) is 0.222. The summed E-state index contributed by atoms with van der Waals surface area (Å²) in [7, 11) is 0. The van der Waals surface area contributed by atoms with Gasteiger partial charge >= 0.3 is 0 Å². The van der Waals surface area contributed by atoms with Crippen molar-refractivity contribution in [2.75, 3.05) is 0 Å². The largest absolute Gasteiger partial charge is 0.356 e. The Morgan fingerprint density at radius 2 is 1.76 bits per heavy atom. The second-order valence-corrected chi connectivity index (χ2v) is 8.97. The van der Waals surface area contributed by atoms with E-state index in [2.05, 4.69) is 10.3 Å². The van der Waals surface area contributed by atoms with Gasteiger partial charge in [-0.25, -0.2) is 8.78 Å². The Morgan fingerprint density at radius 3 is 2.52 bits per heavy atom. The van der Waals surface area contributed by atoms with Crippen LogP contribution in [0.4, 0.5) is 8.78 Å². The molecule has 1 unspecified atom stereocenters. The molecule has 0 saturated carbocycles. The molecule has 2 N–H and O–H groups in total. The predicted molar refractivity (Wildman–Crippen MR) is 128 cm³/mol. The maximum absolute atomic E-state index is 14.7. The fourth-order valence-electron chi connectivity index (χ4n) is 4.69. The molecule has 1 aliphatic heterocycles. The molecule has 0 saturated heterocycles. The number of nitrogens with one attached hydrogen (secondary N) is 2. The molecule has 0 radical (unpaired) electrons. The van der Waals surface area contributed by atoms with Crippen LogP contribution in [0.5, 0.6) is 0 Å². The highest BCUT2D eigenvalue weighted by Gasteiger charge is 2.25. The first-order valence-corrected chi connectivity index (χ1v) is 11.5. The second-order valence-electron chi connectivity index (χ2n) is 8.54. The number of rotatable bonds is 6. The van der Waals surface area contributed by atoms with E-state index in [9.17, 15) is 13.6 Å². The maximum Gasteiger partial charge on any atom is 0.162 e. The molecule has 1 aliphatic rings. The Hall–Kier alpha value is -3.02. The molecule has 3 aromatic carbocycles. The van der Waals surface area contributed by atoms with Gasteiger partial charge in [0, 0.05) is 47.1 Å². The first-order valence-electron chi connectivity index (χ1n) is 11.1. The van der Waals surface area contributed by atoms with E-state index in [-0.39, 0.29) is 23.5 Å². The van der Waals surface area contributed by atoms with E-state index in [1.54, 1.807) is 0 Å². The van der Waals surface area contributed by atoms with Crippen molar-refractivity contribution >= 4 is 28.3 Å². The van der Waals surface area contributed by atoms with E-state index < -0.39 is 0 Å². The van der Waals surface area contributed by atoms with E-state index in [4.69, 9.17) is 11.6 Å². The van der Waals surface area contributed by atoms with Crippen molar-refractivity contribution in [2.45, 2.75) is 38.3 Å². The molecule has 0 amide bonds. The highest BCUT2D eigenvalue weighted by Crippen LogP contribution is 2.37. The predicted octanol–water partition coefficient (Wildman–Crippen LogP) is 6.83. The summed E-state index contributed by atoms with van der Waals surface area (Å²) < 4.78 is 27.7. The van der Waals surface area contributed by atoms with Crippen LogP contribution in [-0.4, -0.2) is 16.8 Å². The average Bonchev–Trinajstić information content (AvgIpc) is 3.20. The van der Waals surface area contributed by atoms with E-state index >= 15 is 0 Å². The van der Waals surface area contributed by atoms with E-state index in [0.29, 0.717) is 29.1 Å². The Balaban J connectivity index is 1.32. The van der Waals surface area contributed by atoms with Crippen molar-refractivity contribution in [1.29, 1.82) is 0 Å². The normalized spacial score (nSPS) is 15.5. The molecule has 4 aromatic rings. The zero-order chi connectivity index (χ0) is 22.9. The maximum atomic E-state index is 14.7. The van der Waals surface area contributed by atoms with Gasteiger partial charge < -0.3 is 10.3 Å². The number of carbonyl (C=O) groups is 1. The van der Waals surface area contributed by atoms with Gasteiger partial charge in [-0.3, -0.25) is 4.79 Å². The monoisotopic (exact) mass is 464 g/mol. The van der Waals surface area contributed by atoms with Crippen LogP contribution < -0.4 is 5.32 Å². The Morgan fingerprint density at radius 1 is 1.00 bits per heavy atom. The number of hydrogen-bond acceptors (Lipinski definition) is 2. The SMILES string of the molecule is O=C(CCCC1Cc2[nH]c3c(F)ccc(-c4ccc(Cl)cc4)c3c2CN1)c1ccc(F)cc1. The van der Waals surface area contributed by atoms with Crippen molar-refractivity contribution in [3.63, 3.8) is 0 Å². The van der Waals surface area contributed by atoms with Crippen LogP contribution in [0.25, 0.3) is 22.0 Å². The lowest BCUT2D eigenvalue weighted by Crippen LogP contribution is -2.35. The minimum Gasteiger partial charge on any atom is -0.356 e. The van der Waals surface area contributed by atoms with Crippen molar-refractivity contribution in [2.24, 2.45) is 0 Å². The number of halogens is 3. The number of aromatic amines is 1. The van der Waals surface area contributed by atoms with Gasteiger partial charge in [-0.2, -0.15) is 0 Å². The standard InChI is InChI=1S/C27H23ClF2N2O/c28-18-8-4-16(5-9-18)21-12-13-23(30)27-26(21)22-15-31-20(14-24(22)32-27)2-1-3-25(33)17-6-10-19(29)11-7-17/h4-13,20,31-32H,1-3,14-15H2. The lowest BCUT2D eigenvalue weighted by atomic mass is 9.93. The van der Waals surface area contributed by atoms with Gasteiger partial charge in [0.2, 0.25) is 0 Å². The number of carbonyl (C=O) groups excluding carboxylic acids is 1. The van der Waals surface area contributed by atoms with Gasteiger partial charge in [-0.15, -0.1) is 0 Å². The summed E-state index contributed by atoms with van der Waals surface area (Å²) in [5.41, 5.74) is 5.17. The van der Waals surface area contributed by atoms with Crippen LogP contribution in [0.2, 0.25) is 5.02 Å². The van der Waals surface area contributed by atoms with E-state index in [1.807, 2.05) is 30.3 Å². The van der Waals surface area contributed by atoms with Crippen molar-refractivity contribution in [1.82, 2.24) is 10.3 Å². The lowest BCUT2D eigenvalue weighted by molar-refractivity contribution is 0.0978. The molecule has 33 heavy (non-hydrogen) atoms. The van der Waals surface area contributed by atoms with Gasteiger partial charge in [0.05, 0.1) is 5.52 Å². The molecular weight excluding hydrogens is 442 g/mol. The van der Waals surface area contributed by atoms with Crippen LogP contribution in [0.3, 0.4) is 0 Å². The third-order valence-electron chi connectivity index (χ3n) is 6.39. The van der Waals surface area contributed by atoms with Gasteiger partial charge in [0.25, 0.3) is 0 Å². The second kappa shape index (κ2) is 9.08. The molecule has 5 rings (SSSR count). The summed E-state index contributed by atoms with van der Waals surface area (Å²) >= 11 is 6.04. The number of benzene rings is 3. The third kappa shape index (κ3) is 4.43. The van der Waals surface area contributed by atoms with Gasteiger partial charge in [-0.05, 0) is 72.0 Å². The average molecular weight is 465 g/mol. The zero-order valence-electron chi connectivity index (χ0n) is 17.9. The van der Waals surface area contributed by atoms with E-state index in [0.717, 1.165) is 47.0 Å². The van der Waals surface area contributed by atoms with Crippen molar-refractivity contribution < 1.29 is 13.6 Å². The number of Topliss-reactive ketones (excluding diaryl/α,β-unsaturated/α-hetero) is 1. The van der Waals surface area contributed by atoms with Crippen LogP contribution in [0, 0.1) is 11.6 Å². The molecule has 0 aliphatic carbocycles. The molecule has 6 heteroatoms. The van der Waals surface area contributed by atoms with Crippen LogP contribution >= 0.6 is 11.6 Å². The molecule has 0 spiro atoms. The minimum absolute atomic E-state index is 0.0202. The van der Waals surface area contributed by atoms with Crippen LogP contribution in [-0.2, 0) is 13.0 Å². The molecular formula is C27H23ClF2N2O. The summed E-state index contributed by atoms with van der Waals surface area (Å²) in [5.74, 6) is -0.590. The van der Waals surface area contributed by atoms with Gasteiger partial charge in [0.1, 0.15) is 11.6 Å². The topological polar surface area (TPSA) is 44.9 Å². The fourth-order valence-corrected chi connectivity index (χ4v) is 4.81. The van der Waals surface area contributed by atoms with Crippen molar-refractivity contribution in [3.05, 3.63) is 94.1 Å². The Kier molecular flexibility index (Phi) is 6.00. The van der Waals surface area contributed by atoms with Gasteiger partial charge in [-0.1, -0.05) is 29.8 Å². The number of ketones is 1. The Labute approximate surface area is 195 Å². The molecule has 3 nitrogen and oxygen atoms in total. The highest BCUT2D eigenvalue weighted by molar-refractivity contribution is 6.30. The van der Waals surface area contributed by atoms with E-state index in [1.165, 1.54) is 30.3 Å². The molecule has 1 aromatic heterocycles. The number of H-pyrrole nitrogens is 1. The van der Waals surface area contributed by atoms with Gasteiger partial charge in [0.15, 0.2) is 5.78 Å². The first-order chi connectivity index (χ1) is 16.0. The summed E-state index contributed by atoms with van der Waals surface area (Å²) in [6.45, 7) is 0.635. The van der Waals surface area contributed by atoms with Crippen LogP contribution in [0.15, 0.2) is 60.7 Å². The summed E-state index contributed by atoms with van der Waals surface area (Å²) in [4.78, 5) is 15.7. The molecule has 168 valence electrons. The zero-order valence-corrected chi connectivity index (χ0v) is 18.7. The molecule has 1 atom stereocenters. The summed E-state index contributed by atoms with van der Waals surface area (Å²) in [5, 5.41) is 5.13. The quantitative estimate of drug-likeness (QED) is 0.307. The first kappa shape index (κ1) is 21.8. The highest BCUT2D eigenvalue weighted by atomic mass is 35.5. The molecule has 2 heterocycles. The minimum atomic E-state index is -0.345. The number of fused-ring (bicyclic) bond motifs is 3. The van der Waals surface area contributed by atoms with Crippen molar-refractivity contribution in [3.8, 4) is 11.1 Å². The third-order valence-corrected chi connectivity index (χ3v) is 6.64. The Bertz CT molecular complexity index is 1310. The molecule has 0 fully saturated rings. The van der Waals surface area contributed by atoms with Crippen LogP contribution in [0.1, 0.15) is 40.9 Å². The number of aromatic nitrogens is 1. The molecule has 0 bridgehead atoms. The summed E-state index contributed by atoms with van der Waals surface area (Å²) in [6.07, 6.45) is 2.72. The number of hydrogen-bond donors (Lipinski definition) is 2.